The van der Waals surface area contributed by atoms with Crippen LogP contribution in [0.2, 0.25) is 0 Å². The number of anilines is 1. The van der Waals surface area contributed by atoms with Gasteiger partial charge < -0.3 is 15.0 Å². The van der Waals surface area contributed by atoms with Crippen molar-refractivity contribution >= 4 is 24.0 Å². The number of hydrogen-bond donors (Lipinski definition) is 1. The predicted molar refractivity (Wildman–Crippen MR) is 105 cm³/mol. The van der Waals surface area contributed by atoms with E-state index in [0.29, 0.717) is 13.0 Å². The van der Waals surface area contributed by atoms with Gasteiger partial charge in [-0.3, -0.25) is 4.79 Å². The maximum Gasteiger partial charge on any atom is 0.226 e. The average molecular weight is 379 g/mol. The Morgan fingerprint density at radius 1 is 1.27 bits per heavy atom. The summed E-state index contributed by atoms with van der Waals surface area (Å²) < 4.78 is 7.19. The zero-order valence-electron chi connectivity index (χ0n) is 15.6. The average Bonchev–Trinajstić information content (AvgIpc) is 2.88. The van der Waals surface area contributed by atoms with E-state index in [-0.39, 0.29) is 18.3 Å². The standard InChI is InChI=1S/C19H26N4O2.ClH/c1-14-17(19(25-3)22(2)21-14)13-20-12-15-7-6-8-16(11-15)23-10-5-4-9-18(23)24;/h6-8,11,20H,4-5,9-10,12-13H2,1-3H3;1H. The molecule has 142 valence electrons. The number of nitrogens with zero attached hydrogens (tertiary/aromatic N) is 3. The molecule has 0 aliphatic carbocycles. The van der Waals surface area contributed by atoms with Crippen LogP contribution in [-0.4, -0.2) is 29.3 Å². The molecule has 2 heterocycles. The number of halogens is 1. The Morgan fingerprint density at radius 3 is 2.81 bits per heavy atom. The second-order valence-electron chi connectivity index (χ2n) is 6.47. The van der Waals surface area contributed by atoms with Crippen LogP contribution in [0.15, 0.2) is 24.3 Å². The summed E-state index contributed by atoms with van der Waals surface area (Å²) in [6, 6.07) is 8.22. The van der Waals surface area contributed by atoms with Crippen LogP contribution in [0.5, 0.6) is 5.88 Å². The third-order valence-electron chi connectivity index (χ3n) is 4.66. The summed E-state index contributed by atoms with van der Waals surface area (Å²) in [6.45, 7) is 4.23. The Bertz CT molecular complexity index is 760. The van der Waals surface area contributed by atoms with E-state index in [1.807, 2.05) is 31.0 Å². The van der Waals surface area contributed by atoms with Crippen LogP contribution in [0, 0.1) is 6.92 Å². The van der Waals surface area contributed by atoms with E-state index < -0.39 is 0 Å². The maximum atomic E-state index is 12.1. The Balaban J connectivity index is 0.00000243. The first-order valence-corrected chi connectivity index (χ1v) is 8.76. The topological polar surface area (TPSA) is 59.4 Å². The minimum absolute atomic E-state index is 0. The number of aryl methyl sites for hydroxylation is 2. The first-order chi connectivity index (χ1) is 12.1. The Kier molecular flexibility index (Phi) is 7.06. The van der Waals surface area contributed by atoms with Crippen molar-refractivity contribution in [1.82, 2.24) is 15.1 Å². The van der Waals surface area contributed by atoms with E-state index in [9.17, 15) is 4.79 Å². The quantitative estimate of drug-likeness (QED) is 0.839. The summed E-state index contributed by atoms with van der Waals surface area (Å²) in [7, 11) is 3.55. The lowest BCUT2D eigenvalue weighted by Crippen LogP contribution is -2.35. The maximum absolute atomic E-state index is 12.1. The highest BCUT2D eigenvalue weighted by molar-refractivity contribution is 5.94. The van der Waals surface area contributed by atoms with Gasteiger partial charge in [0.2, 0.25) is 11.8 Å². The van der Waals surface area contributed by atoms with Crippen LogP contribution in [0.4, 0.5) is 5.69 Å². The summed E-state index contributed by atoms with van der Waals surface area (Å²) in [5.74, 6) is 1.02. The third-order valence-corrected chi connectivity index (χ3v) is 4.66. The Morgan fingerprint density at radius 2 is 2.08 bits per heavy atom. The van der Waals surface area contributed by atoms with Crippen LogP contribution in [0.25, 0.3) is 0 Å². The third kappa shape index (κ3) is 4.37. The van der Waals surface area contributed by atoms with Crippen LogP contribution >= 0.6 is 12.4 Å². The molecule has 7 heteroatoms. The molecule has 1 aliphatic rings. The molecule has 3 rings (SSSR count). The molecular weight excluding hydrogens is 352 g/mol. The van der Waals surface area contributed by atoms with Crippen LogP contribution < -0.4 is 15.0 Å². The van der Waals surface area contributed by atoms with Gasteiger partial charge in [0, 0.05) is 38.8 Å². The Hall–Kier alpha value is -2.05. The normalized spacial score (nSPS) is 14.3. The lowest BCUT2D eigenvalue weighted by Gasteiger charge is -2.27. The second kappa shape index (κ2) is 9.05. The molecule has 26 heavy (non-hydrogen) atoms. The van der Waals surface area contributed by atoms with E-state index in [1.165, 1.54) is 0 Å². The number of benzene rings is 1. The number of amides is 1. The van der Waals surface area contributed by atoms with E-state index >= 15 is 0 Å². The van der Waals surface area contributed by atoms with E-state index in [2.05, 4.69) is 22.5 Å². The lowest BCUT2D eigenvalue weighted by atomic mass is 10.1. The second-order valence-corrected chi connectivity index (χ2v) is 6.47. The van der Waals surface area contributed by atoms with Gasteiger partial charge in [-0.2, -0.15) is 5.10 Å². The van der Waals surface area contributed by atoms with Gasteiger partial charge in [-0.25, -0.2) is 4.68 Å². The molecule has 1 fully saturated rings. The van der Waals surface area contributed by atoms with Crippen molar-refractivity contribution in [3.8, 4) is 5.88 Å². The van der Waals surface area contributed by atoms with Crippen molar-refractivity contribution in [2.24, 2.45) is 7.05 Å². The zero-order valence-corrected chi connectivity index (χ0v) is 16.4. The van der Waals surface area contributed by atoms with Crippen molar-refractivity contribution in [2.45, 2.75) is 39.3 Å². The molecule has 1 aromatic heterocycles. The smallest absolute Gasteiger partial charge is 0.226 e. The van der Waals surface area contributed by atoms with Crippen molar-refractivity contribution in [2.75, 3.05) is 18.6 Å². The van der Waals surface area contributed by atoms with Crippen LogP contribution in [0.3, 0.4) is 0 Å². The number of rotatable bonds is 6. The molecule has 1 saturated heterocycles. The fraction of sp³-hybridized carbons (Fsp3) is 0.474. The molecule has 0 atom stereocenters. The van der Waals surface area contributed by atoms with Crippen LogP contribution in [-0.2, 0) is 24.9 Å². The summed E-state index contributed by atoms with van der Waals surface area (Å²) in [5.41, 5.74) is 4.21. The van der Waals surface area contributed by atoms with E-state index in [0.717, 1.165) is 54.3 Å². The molecule has 1 aromatic carbocycles. The number of carbonyl (C=O) groups excluding carboxylic acids is 1. The van der Waals surface area contributed by atoms with Gasteiger partial charge in [0.25, 0.3) is 0 Å². The molecular formula is C19H27ClN4O2. The molecule has 6 nitrogen and oxygen atoms in total. The number of aromatic nitrogens is 2. The van der Waals surface area contributed by atoms with Gasteiger partial charge in [-0.15, -0.1) is 12.4 Å². The highest BCUT2D eigenvalue weighted by Gasteiger charge is 2.19. The van der Waals surface area contributed by atoms with Gasteiger partial charge >= 0.3 is 0 Å². The molecule has 0 spiro atoms. The minimum Gasteiger partial charge on any atom is -0.481 e. The van der Waals surface area contributed by atoms with Gasteiger partial charge in [0.15, 0.2) is 0 Å². The summed E-state index contributed by atoms with van der Waals surface area (Å²) in [6.07, 6.45) is 2.74. The SMILES string of the molecule is COc1c(CNCc2cccc(N3CCCCC3=O)c2)c(C)nn1C.Cl. The molecule has 0 radical (unpaired) electrons. The molecule has 0 saturated carbocycles. The number of carbonyl (C=O) groups is 1. The van der Waals surface area contributed by atoms with Crippen molar-refractivity contribution in [3.05, 3.63) is 41.1 Å². The predicted octanol–water partition coefficient (Wildman–Crippen LogP) is 2.97. The van der Waals surface area contributed by atoms with Crippen LogP contribution in [0.1, 0.15) is 36.1 Å². The number of hydrogen-bond acceptors (Lipinski definition) is 4. The highest BCUT2D eigenvalue weighted by atomic mass is 35.5. The van der Waals surface area contributed by atoms with Gasteiger partial charge in [-0.1, -0.05) is 12.1 Å². The number of nitrogens with one attached hydrogen (secondary N) is 1. The van der Waals surface area contributed by atoms with Crippen molar-refractivity contribution in [1.29, 1.82) is 0 Å². The van der Waals surface area contributed by atoms with E-state index in [1.54, 1.807) is 11.8 Å². The first-order valence-electron chi connectivity index (χ1n) is 8.76. The summed E-state index contributed by atoms with van der Waals surface area (Å²) >= 11 is 0. The molecule has 1 aliphatic heterocycles. The van der Waals surface area contributed by atoms with Gasteiger partial charge in [0.1, 0.15) is 0 Å². The number of piperidine rings is 1. The highest BCUT2D eigenvalue weighted by Crippen LogP contribution is 2.23. The minimum atomic E-state index is 0. The Labute approximate surface area is 160 Å². The molecule has 1 amide bonds. The molecule has 2 aromatic rings. The summed E-state index contributed by atoms with van der Waals surface area (Å²) in [4.78, 5) is 14.0. The summed E-state index contributed by atoms with van der Waals surface area (Å²) in [5, 5.41) is 7.85. The zero-order chi connectivity index (χ0) is 17.8. The molecule has 1 N–H and O–H groups in total. The van der Waals surface area contributed by atoms with Gasteiger partial charge in [-0.05, 0) is 37.5 Å². The largest absolute Gasteiger partial charge is 0.481 e. The fourth-order valence-electron chi connectivity index (χ4n) is 3.38. The van der Waals surface area contributed by atoms with Crippen molar-refractivity contribution < 1.29 is 9.53 Å². The first kappa shape index (κ1) is 20.3. The van der Waals surface area contributed by atoms with Gasteiger partial charge in [0.05, 0.1) is 18.4 Å². The number of ether oxygens (including phenoxy) is 1. The monoisotopic (exact) mass is 378 g/mol. The lowest BCUT2D eigenvalue weighted by molar-refractivity contribution is -0.119. The fourth-order valence-corrected chi connectivity index (χ4v) is 3.38. The van der Waals surface area contributed by atoms with E-state index in [4.69, 9.17) is 4.74 Å². The molecule has 0 bridgehead atoms. The number of methoxy groups -OCH3 is 1. The molecule has 0 unspecified atom stereocenters. The van der Waals surface area contributed by atoms with Crippen molar-refractivity contribution in [3.63, 3.8) is 0 Å².